The first-order valence-electron chi connectivity index (χ1n) is 19.7. The summed E-state index contributed by atoms with van der Waals surface area (Å²) in [6.07, 6.45) is 4.60. The first-order valence-corrected chi connectivity index (χ1v) is 21.8. The summed E-state index contributed by atoms with van der Waals surface area (Å²) < 4.78 is 24.6. The second-order valence-corrected chi connectivity index (χ2v) is 16.0. The Labute approximate surface area is 333 Å². The molecule has 1 unspecified atom stereocenters. The normalized spacial score (nSPS) is 16.5. The van der Waals surface area contributed by atoms with Crippen molar-refractivity contribution in [1.29, 1.82) is 0 Å². The molecule has 11 heteroatoms. The van der Waals surface area contributed by atoms with Crippen LogP contribution in [-0.4, -0.2) is 50.4 Å². The predicted octanol–water partition coefficient (Wildman–Crippen LogP) is 10.6. The number of hydrogen-bond acceptors (Lipinski definition) is 8. The molecular formula is C44H53N5O4S2. The highest BCUT2D eigenvalue weighted by atomic mass is 32.2. The third-order valence-electron chi connectivity index (χ3n) is 10.7. The Morgan fingerprint density at radius 3 is 2.58 bits per heavy atom. The SMILES string of the molecule is CC.CCc1ccc2c3c(C)c(C(=O)OC)n2CCCOc2cc(cc4ccccc24)SCc2cc(nn2C)CSCc2nn(C4CCCCO4)c(C)c2-c13. The molecule has 2 aliphatic heterocycles. The van der Waals surface area contributed by atoms with E-state index >= 15 is 0 Å². The van der Waals surface area contributed by atoms with Crippen LogP contribution in [0.3, 0.4) is 0 Å². The number of benzene rings is 3. The van der Waals surface area contributed by atoms with Gasteiger partial charge in [0.1, 0.15) is 17.7 Å². The average Bonchev–Trinajstić information content (AvgIpc) is 3.84. The maximum Gasteiger partial charge on any atom is 0.354 e. The van der Waals surface area contributed by atoms with Crippen LogP contribution < -0.4 is 4.74 Å². The number of thioether (sulfide) groups is 2. The van der Waals surface area contributed by atoms with Crippen LogP contribution in [0.2, 0.25) is 0 Å². The van der Waals surface area contributed by atoms with Gasteiger partial charge < -0.3 is 18.8 Å². The summed E-state index contributed by atoms with van der Waals surface area (Å²) in [5, 5.41) is 13.6. The van der Waals surface area contributed by atoms with Crippen LogP contribution in [-0.2, 0) is 46.7 Å². The molecule has 0 spiro atoms. The molecule has 3 aromatic heterocycles. The second kappa shape index (κ2) is 17.3. The van der Waals surface area contributed by atoms with Gasteiger partial charge in [0, 0.05) is 75.6 Å². The van der Waals surface area contributed by atoms with Gasteiger partial charge in [-0.1, -0.05) is 51.1 Å². The van der Waals surface area contributed by atoms with Crippen molar-refractivity contribution < 1.29 is 19.0 Å². The molecule has 6 aromatic rings. The van der Waals surface area contributed by atoms with Crippen LogP contribution >= 0.6 is 23.5 Å². The molecule has 0 N–H and O–H groups in total. The topological polar surface area (TPSA) is 85.3 Å². The zero-order chi connectivity index (χ0) is 38.6. The van der Waals surface area contributed by atoms with Gasteiger partial charge in [-0.3, -0.25) is 4.68 Å². The van der Waals surface area contributed by atoms with Crippen molar-refractivity contribution in [2.45, 2.75) is 102 Å². The largest absolute Gasteiger partial charge is 0.493 e. The fourth-order valence-electron chi connectivity index (χ4n) is 8.10. The van der Waals surface area contributed by atoms with Crippen molar-refractivity contribution in [1.82, 2.24) is 24.1 Å². The minimum absolute atomic E-state index is 0.0899. The Morgan fingerprint density at radius 2 is 1.80 bits per heavy atom. The second-order valence-electron chi connectivity index (χ2n) is 14.0. The molecule has 0 saturated carbocycles. The van der Waals surface area contributed by atoms with Gasteiger partial charge in [0.25, 0.3) is 0 Å². The van der Waals surface area contributed by atoms with E-state index < -0.39 is 0 Å². The Bertz CT molecular complexity index is 2320. The fraction of sp³-hybridized carbons (Fsp3) is 0.432. The molecule has 1 saturated heterocycles. The van der Waals surface area contributed by atoms with Crippen molar-refractivity contribution in [2.24, 2.45) is 7.05 Å². The number of ether oxygens (including phenoxy) is 3. The summed E-state index contributed by atoms with van der Waals surface area (Å²) in [5.41, 5.74) is 10.4. The van der Waals surface area contributed by atoms with E-state index in [4.69, 9.17) is 24.4 Å². The molecule has 0 radical (unpaired) electrons. The first-order chi connectivity index (χ1) is 26.9. The monoisotopic (exact) mass is 779 g/mol. The van der Waals surface area contributed by atoms with Gasteiger partial charge in [0.2, 0.25) is 0 Å². The lowest BCUT2D eigenvalue weighted by Crippen LogP contribution is -2.20. The highest BCUT2D eigenvalue weighted by molar-refractivity contribution is 7.98. The zero-order valence-electron chi connectivity index (χ0n) is 33.2. The maximum absolute atomic E-state index is 13.6. The smallest absolute Gasteiger partial charge is 0.354 e. The number of methoxy groups -OCH3 is 1. The number of aromatic nitrogens is 5. The highest BCUT2D eigenvalue weighted by Gasteiger charge is 2.30. The third kappa shape index (κ3) is 7.67. The molecule has 55 heavy (non-hydrogen) atoms. The van der Waals surface area contributed by atoms with Crippen LogP contribution in [0, 0.1) is 13.8 Å². The molecule has 1 atom stereocenters. The molecule has 0 aliphatic carbocycles. The number of carbonyl (C=O) groups excluding carboxylic acids is 1. The number of nitrogens with zero attached hydrogens (tertiary/aromatic N) is 5. The van der Waals surface area contributed by atoms with Crippen LogP contribution in [0.15, 0.2) is 59.5 Å². The van der Waals surface area contributed by atoms with E-state index in [1.165, 1.54) is 18.4 Å². The number of fused-ring (bicyclic) bond motifs is 8. The van der Waals surface area contributed by atoms with Gasteiger partial charge in [-0.25, -0.2) is 9.48 Å². The van der Waals surface area contributed by atoms with E-state index in [-0.39, 0.29) is 12.2 Å². The number of esters is 1. The van der Waals surface area contributed by atoms with E-state index in [0.29, 0.717) is 25.3 Å². The van der Waals surface area contributed by atoms with Gasteiger partial charge >= 0.3 is 5.97 Å². The van der Waals surface area contributed by atoms with Crippen molar-refractivity contribution >= 4 is 51.2 Å². The molecule has 8 bridgehead atoms. The quantitative estimate of drug-likeness (QED) is 0.164. The minimum Gasteiger partial charge on any atom is -0.493 e. The van der Waals surface area contributed by atoms with Crippen LogP contribution in [0.4, 0.5) is 0 Å². The van der Waals surface area contributed by atoms with Gasteiger partial charge in [-0.15, -0.1) is 23.5 Å². The summed E-state index contributed by atoms with van der Waals surface area (Å²) in [6.45, 7) is 12.3. The summed E-state index contributed by atoms with van der Waals surface area (Å²) in [5.74, 6) is 2.83. The number of carbonyl (C=O) groups is 1. The molecule has 0 amide bonds. The van der Waals surface area contributed by atoms with E-state index in [9.17, 15) is 4.79 Å². The van der Waals surface area contributed by atoms with E-state index in [0.717, 1.165) is 116 Å². The number of aryl methyl sites for hydroxylation is 4. The maximum atomic E-state index is 13.6. The average molecular weight is 780 g/mol. The van der Waals surface area contributed by atoms with E-state index in [2.05, 4.69) is 84.6 Å². The summed E-state index contributed by atoms with van der Waals surface area (Å²) in [7, 11) is 3.50. The van der Waals surface area contributed by atoms with Crippen LogP contribution in [0.25, 0.3) is 32.8 Å². The molecule has 3 aromatic carbocycles. The summed E-state index contributed by atoms with van der Waals surface area (Å²) in [6, 6.07) is 19.4. The van der Waals surface area contributed by atoms with Crippen molar-refractivity contribution in [3.8, 4) is 16.9 Å². The number of rotatable bonds is 3. The van der Waals surface area contributed by atoms with Gasteiger partial charge in [-0.05, 0) is 92.3 Å². The zero-order valence-corrected chi connectivity index (χ0v) is 34.9. The first kappa shape index (κ1) is 39.1. The van der Waals surface area contributed by atoms with E-state index in [1.807, 2.05) is 37.3 Å². The Balaban J connectivity index is 0.00000229. The Morgan fingerprint density at radius 1 is 0.964 bits per heavy atom. The Kier molecular flexibility index (Phi) is 12.3. The number of hydrogen-bond donors (Lipinski definition) is 0. The fourth-order valence-corrected chi connectivity index (χ4v) is 9.93. The van der Waals surface area contributed by atoms with Gasteiger partial charge in [-0.2, -0.15) is 10.2 Å². The standard InChI is InChI=1S/C42H47N5O4S2.C2H6/c1-6-28-15-16-35-38-26(2)41(42(48)49-5)46(35)17-11-19-50-36-22-32(20-29-12-7-8-13-33(29)36)53-24-31-21-30(43-45(31)4)23-52-25-34-39(40(28)38)27(3)47(44-34)37-14-9-10-18-51-37;1-2/h7-8,12-13,15-16,20-22,37H,6,9-11,14,17-19,23-25H2,1-5H3;1-2H3. The third-order valence-corrected chi connectivity index (χ3v) is 12.7. The van der Waals surface area contributed by atoms with E-state index in [1.54, 1.807) is 11.8 Å². The lowest BCUT2D eigenvalue weighted by Gasteiger charge is -2.24. The minimum atomic E-state index is -0.331. The lowest BCUT2D eigenvalue weighted by atomic mass is 9.91. The summed E-state index contributed by atoms with van der Waals surface area (Å²) in [4.78, 5) is 14.8. The molecular weight excluding hydrogens is 727 g/mol. The lowest BCUT2D eigenvalue weighted by molar-refractivity contribution is -0.0407. The van der Waals surface area contributed by atoms with Crippen LogP contribution in [0.5, 0.6) is 5.75 Å². The van der Waals surface area contributed by atoms with Crippen molar-refractivity contribution in [2.75, 3.05) is 20.3 Å². The van der Waals surface area contributed by atoms with Gasteiger partial charge in [0.05, 0.1) is 25.1 Å². The molecule has 1 fully saturated rings. The van der Waals surface area contributed by atoms with Crippen molar-refractivity contribution in [3.63, 3.8) is 0 Å². The molecule has 9 nitrogen and oxygen atoms in total. The highest BCUT2D eigenvalue weighted by Crippen LogP contribution is 2.43. The van der Waals surface area contributed by atoms with Crippen molar-refractivity contribution in [3.05, 3.63) is 94.2 Å². The molecule has 5 heterocycles. The Hall–Kier alpha value is -4.19. The van der Waals surface area contributed by atoms with Crippen LogP contribution in [0.1, 0.15) is 97.1 Å². The predicted molar refractivity (Wildman–Crippen MR) is 225 cm³/mol. The molecule has 290 valence electrons. The molecule has 8 rings (SSSR count). The summed E-state index contributed by atoms with van der Waals surface area (Å²) >= 11 is 3.64. The van der Waals surface area contributed by atoms with Gasteiger partial charge in [0.15, 0.2) is 0 Å². The molecule has 2 aliphatic rings.